The number of rotatable bonds is 6. The van der Waals surface area contributed by atoms with Crippen molar-refractivity contribution in [2.24, 2.45) is 5.41 Å². The van der Waals surface area contributed by atoms with Crippen molar-refractivity contribution in [3.05, 3.63) is 34.2 Å². The lowest BCUT2D eigenvalue weighted by atomic mass is 9.92. The van der Waals surface area contributed by atoms with E-state index in [-0.39, 0.29) is 17.6 Å². The molecule has 160 valence electrons. The Balaban J connectivity index is 1.60. The number of anilines is 1. The number of carboxylic acids is 1. The Hall–Kier alpha value is -2.72. The summed E-state index contributed by atoms with van der Waals surface area (Å²) in [6.45, 7) is 6.11. The van der Waals surface area contributed by atoms with Crippen LogP contribution in [0, 0.1) is 17.3 Å². The van der Waals surface area contributed by atoms with Gasteiger partial charge in [-0.05, 0) is 58.6 Å². The summed E-state index contributed by atoms with van der Waals surface area (Å²) in [6, 6.07) is 5.69. The minimum Gasteiger partial charge on any atom is -0.490 e. The second-order valence-corrected chi connectivity index (χ2v) is 9.48. The van der Waals surface area contributed by atoms with Crippen LogP contribution in [0.1, 0.15) is 61.0 Å². The van der Waals surface area contributed by atoms with Crippen molar-refractivity contribution >= 4 is 23.0 Å². The zero-order valence-electron chi connectivity index (χ0n) is 17.8. The molecule has 2 aromatic heterocycles. The van der Waals surface area contributed by atoms with Crippen LogP contribution in [0.4, 0.5) is 5.69 Å². The van der Waals surface area contributed by atoms with E-state index in [1.807, 2.05) is 32.9 Å². The van der Waals surface area contributed by atoms with Crippen LogP contribution in [-0.4, -0.2) is 35.3 Å². The monoisotopic (exact) mass is 428 g/mol. The van der Waals surface area contributed by atoms with Gasteiger partial charge in [0.15, 0.2) is 0 Å². The van der Waals surface area contributed by atoms with Crippen LogP contribution in [0.15, 0.2) is 24.4 Å². The molecule has 2 heterocycles. The first-order valence-electron chi connectivity index (χ1n) is 10.1. The molecule has 2 aromatic rings. The molecule has 3 rings (SSSR count). The van der Waals surface area contributed by atoms with Gasteiger partial charge in [0.25, 0.3) is 0 Å². The second kappa shape index (κ2) is 9.40. The van der Waals surface area contributed by atoms with Gasteiger partial charge in [-0.3, -0.25) is 0 Å². The van der Waals surface area contributed by atoms with Crippen molar-refractivity contribution in [3.63, 3.8) is 0 Å². The number of thiophene rings is 1. The number of carbonyl (C=O) groups is 1. The fraction of sp³-hybridized carbons (Fsp3) is 0.478. The number of nitrogens with one attached hydrogen (secondary N) is 1. The zero-order valence-corrected chi connectivity index (χ0v) is 18.6. The van der Waals surface area contributed by atoms with E-state index in [1.54, 1.807) is 19.4 Å². The minimum absolute atomic E-state index is 0.127. The minimum atomic E-state index is -0.921. The van der Waals surface area contributed by atoms with Gasteiger partial charge >= 0.3 is 5.97 Å². The van der Waals surface area contributed by atoms with E-state index in [0.717, 1.165) is 36.3 Å². The van der Waals surface area contributed by atoms with E-state index in [9.17, 15) is 9.90 Å². The standard InChI is InChI=1S/C23H28N2O4S/c1-23(2,3)11-9-18-14-19(21(30-18)22(26)27)25-15-5-7-16(8-6-15)29-17-10-12-24-20(13-17)28-4/h10,12-16,25H,5-8H2,1-4H3,(H,26,27)/t15-,16-. The molecule has 1 aliphatic rings. The molecule has 2 N–H and O–H groups in total. The van der Waals surface area contributed by atoms with Gasteiger partial charge in [0.05, 0.1) is 23.8 Å². The van der Waals surface area contributed by atoms with Crippen molar-refractivity contribution < 1.29 is 19.4 Å². The quantitative estimate of drug-likeness (QED) is 0.627. The SMILES string of the molecule is COc1cc(O[C@H]2CC[C@H](Nc3cc(C#CC(C)(C)C)sc3C(=O)O)CC2)ccn1. The molecule has 6 nitrogen and oxygen atoms in total. The van der Waals surface area contributed by atoms with Gasteiger partial charge in [-0.25, -0.2) is 9.78 Å². The highest BCUT2D eigenvalue weighted by atomic mass is 32.1. The van der Waals surface area contributed by atoms with E-state index in [2.05, 4.69) is 22.1 Å². The topological polar surface area (TPSA) is 80.7 Å². The molecule has 0 aliphatic heterocycles. The number of carboxylic acid groups (broad SMARTS) is 1. The summed E-state index contributed by atoms with van der Waals surface area (Å²) in [5, 5.41) is 13.0. The fourth-order valence-electron chi connectivity index (χ4n) is 3.28. The third-order valence-corrected chi connectivity index (χ3v) is 5.78. The Morgan fingerprint density at radius 1 is 1.27 bits per heavy atom. The van der Waals surface area contributed by atoms with Crippen molar-refractivity contribution in [1.29, 1.82) is 0 Å². The lowest BCUT2D eigenvalue weighted by Crippen LogP contribution is -2.31. The van der Waals surface area contributed by atoms with Crippen LogP contribution in [-0.2, 0) is 0 Å². The van der Waals surface area contributed by atoms with Crippen molar-refractivity contribution in [2.45, 2.75) is 58.6 Å². The van der Waals surface area contributed by atoms with Gasteiger partial charge in [0, 0.05) is 23.7 Å². The first-order valence-corrected chi connectivity index (χ1v) is 10.9. The number of pyridine rings is 1. The molecule has 0 atom stereocenters. The largest absolute Gasteiger partial charge is 0.490 e. The molecule has 1 fully saturated rings. The lowest BCUT2D eigenvalue weighted by molar-refractivity contribution is 0.0703. The van der Waals surface area contributed by atoms with Crippen molar-refractivity contribution in [2.75, 3.05) is 12.4 Å². The van der Waals surface area contributed by atoms with Crippen LogP contribution in [0.2, 0.25) is 0 Å². The summed E-state index contributed by atoms with van der Waals surface area (Å²) in [4.78, 5) is 16.9. The molecule has 30 heavy (non-hydrogen) atoms. The molecule has 0 bridgehead atoms. The Morgan fingerprint density at radius 3 is 2.63 bits per heavy atom. The predicted molar refractivity (Wildman–Crippen MR) is 119 cm³/mol. The summed E-state index contributed by atoms with van der Waals surface area (Å²) < 4.78 is 11.2. The third kappa shape index (κ3) is 6.14. The van der Waals surface area contributed by atoms with Crippen LogP contribution >= 0.6 is 11.3 Å². The van der Waals surface area contributed by atoms with Crippen molar-refractivity contribution in [3.8, 4) is 23.5 Å². The van der Waals surface area contributed by atoms with E-state index in [4.69, 9.17) is 9.47 Å². The molecule has 1 aliphatic carbocycles. The smallest absolute Gasteiger partial charge is 0.348 e. The summed E-state index contributed by atoms with van der Waals surface area (Å²) in [6.07, 6.45) is 5.41. The van der Waals surface area contributed by atoms with E-state index in [1.165, 1.54) is 11.3 Å². The molecule has 0 saturated heterocycles. The first kappa shape index (κ1) is 22.0. The highest BCUT2D eigenvalue weighted by molar-refractivity contribution is 7.15. The molecule has 7 heteroatoms. The summed E-state index contributed by atoms with van der Waals surface area (Å²) in [7, 11) is 1.58. The summed E-state index contributed by atoms with van der Waals surface area (Å²) in [5.41, 5.74) is 0.534. The number of ether oxygens (including phenoxy) is 2. The molecule has 1 saturated carbocycles. The predicted octanol–water partition coefficient (Wildman–Crippen LogP) is 5.05. The molecular weight excluding hydrogens is 400 g/mol. The molecular formula is C23H28N2O4S. The highest BCUT2D eigenvalue weighted by Crippen LogP contribution is 2.31. The Kier molecular flexibility index (Phi) is 6.88. The number of methoxy groups -OCH3 is 1. The molecule has 0 radical (unpaired) electrons. The number of hydrogen-bond acceptors (Lipinski definition) is 6. The van der Waals surface area contributed by atoms with Gasteiger partial charge in [0.2, 0.25) is 5.88 Å². The molecule has 0 aromatic carbocycles. The van der Waals surface area contributed by atoms with Crippen LogP contribution in [0.3, 0.4) is 0 Å². The number of aromatic nitrogens is 1. The average Bonchev–Trinajstić information content (AvgIpc) is 3.11. The molecule has 0 unspecified atom stereocenters. The number of aromatic carboxylic acids is 1. The maximum absolute atomic E-state index is 11.7. The van der Waals surface area contributed by atoms with E-state index >= 15 is 0 Å². The van der Waals surface area contributed by atoms with Gasteiger partial charge < -0.3 is 19.9 Å². The molecule has 0 spiro atoms. The number of hydrogen-bond donors (Lipinski definition) is 2. The number of nitrogens with zero attached hydrogens (tertiary/aromatic N) is 1. The van der Waals surface area contributed by atoms with E-state index < -0.39 is 5.97 Å². The normalized spacial score (nSPS) is 18.8. The van der Waals surface area contributed by atoms with Gasteiger partial charge in [-0.15, -0.1) is 11.3 Å². The Labute approximate surface area is 181 Å². The van der Waals surface area contributed by atoms with Crippen LogP contribution in [0.5, 0.6) is 11.6 Å². The highest BCUT2D eigenvalue weighted by Gasteiger charge is 2.25. The van der Waals surface area contributed by atoms with Gasteiger partial charge in [0.1, 0.15) is 10.6 Å². The van der Waals surface area contributed by atoms with Crippen LogP contribution < -0.4 is 14.8 Å². The summed E-state index contributed by atoms with van der Waals surface area (Å²) >= 11 is 1.22. The fourth-order valence-corrected chi connectivity index (χ4v) is 4.10. The lowest BCUT2D eigenvalue weighted by Gasteiger charge is -2.30. The van der Waals surface area contributed by atoms with Crippen molar-refractivity contribution in [1.82, 2.24) is 4.98 Å². The van der Waals surface area contributed by atoms with E-state index in [0.29, 0.717) is 16.4 Å². The Morgan fingerprint density at radius 2 is 2.00 bits per heavy atom. The second-order valence-electron chi connectivity index (χ2n) is 8.43. The zero-order chi connectivity index (χ0) is 21.7. The third-order valence-electron chi connectivity index (χ3n) is 4.74. The Bertz CT molecular complexity index is 944. The maximum Gasteiger partial charge on any atom is 0.348 e. The molecule has 0 amide bonds. The van der Waals surface area contributed by atoms with Gasteiger partial charge in [-0.2, -0.15) is 0 Å². The first-order chi connectivity index (χ1) is 14.2. The average molecular weight is 429 g/mol. The van der Waals surface area contributed by atoms with Crippen LogP contribution in [0.25, 0.3) is 0 Å². The maximum atomic E-state index is 11.7. The van der Waals surface area contributed by atoms with Gasteiger partial charge in [-0.1, -0.05) is 11.8 Å². The summed E-state index contributed by atoms with van der Waals surface area (Å²) in [5.74, 6) is 6.65.